The monoisotopic (exact) mass is 279 g/mol. The minimum Gasteiger partial charge on any atom is -0.477 e. The number of carbonyl (C=O) groups excluding carboxylic acids is 1. The number of hydrogen-bond acceptors (Lipinski definition) is 4. The van der Waals surface area contributed by atoms with Crippen molar-refractivity contribution in [2.45, 2.75) is 20.0 Å². The van der Waals surface area contributed by atoms with Gasteiger partial charge in [0.05, 0.1) is 12.1 Å². The Bertz CT molecular complexity index is 619. The Hall–Kier alpha value is -1.81. The van der Waals surface area contributed by atoms with Crippen molar-refractivity contribution in [2.75, 3.05) is 7.11 Å². The average Bonchev–Trinajstić information content (AvgIpc) is 2.41. The fourth-order valence-corrected chi connectivity index (χ4v) is 2.16. The van der Waals surface area contributed by atoms with Gasteiger partial charge in [0.25, 0.3) is 0 Å². The molecule has 0 fully saturated rings. The third kappa shape index (κ3) is 2.63. The van der Waals surface area contributed by atoms with Crippen LogP contribution in [-0.4, -0.2) is 24.2 Å². The maximum atomic E-state index is 11.4. The molecule has 0 spiro atoms. The first-order valence-electron chi connectivity index (χ1n) is 5.83. The number of pyridine rings is 1. The topological polar surface area (TPSA) is 48.4 Å². The molecular weight excluding hydrogens is 266 g/mol. The van der Waals surface area contributed by atoms with E-state index in [9.17, 15) is 4.79 Å². The lowest BCUT2D eigenvalue weighted by Crippen LogP contribution is -2.25. The number of carbonyl (C=O) groups is 1. The maximum absolute atomic E-state index is 11.4. The molecule has 2 rings (SSSR count). The molecule has 19 heavy (non-hydrogen) atoms. The molecule has 1 aromatic carbocycles. The van der Waals surface area contributed by atoms with E-state index in [4.69, 9.17) is 16.3 Å². The molecule has 0 amide bonds. The number of methoxy groups -OCH3 is 1. The van der Waals surface area contributed by atoms with Gasteiger partial charge in [-0.2, -0.15) is 0 Å². The smallest absolute Gasteiger partial charge is 0.346 e. The second-order valence-electron chi connectivity index (χ2n) is 4.18. The fraction of sp³-hybridized carbons (Fsp3) is 0.286. The quantitative estimate of drug-likeness (QED) is 0.810. The molecule has 1 atom stereocenters. The van der Waals surface area contributed by atoms with Crippen LogP contribution in [0.3, 0.4) is 0 Å². The van der Waals surface area contributed by atoms with Gasteiger partial charge in [0.1, 0.15) is 11.3 Å². The van der Waals surface area contributed by atoms with Crippen LogP contribution in [0, 0.1) is 6.92 Å². The van der Waals surface area contributed by atoms with Gasteiger partial charge >= 0.3 is 5.97 Å². The number of nitrogens with zero attached hydrogens (tertiary/aromatic N) is 1. The van der Waals surface area contributed by atoms with E-state index < -0.39 is 12.1 Å². The van der Waals surface area contributed by atoms with E-state index in [2.05, 4.69) is 9.72 Å². The minimum atomic E-state index is -0.698. The van der Waals surface area contributed by atoms with Crippen molar-refractivity contribution in [3.63, 3.8) is 0 Å². The Kier molecular flexibility index (Phi) is 3.90. The van der Waals surface area contributed by atoms with Crippen molar-refractivity contribution in [1.29, 1.82) is 0 Å². The van der Waals surface area contributed by atoms with Crippen LogP contribution in [0.2, 0.25) is 5.02 Å². The Morgan fingerprint density at radius 1 is 1.37 bits per heavy atom. The van der Waals surface area contributed by atoms with E-state index in [1.54, 1.807) is 25.3 Å². The molecule has 1 aromatic heterocycles. The van der Waals surface area contributed by atoms with Crippen LogP contribution in [0.1, 0.15) is 12.5 Å². The Labute approximate surface area is 116 Å². The maximum Gasteiger partial charge on any atom is 0.346 e. The summed E-state index contributed by atoms with van der Waals surface area (Å²) in [6, 6.07) is 5.32. The van der Waals surface area contributed by atoms with E-state index in [-0.39, 0.29) is 0 Å². The summed E-state index contributed by atoms with van der Waals surface area (Å²) in [7, 11) is 1.32. The van der Waals surface area contributed by atoms with E-state index in [0.29, 0.717) is 16.3 Å². The van der Waals surface area contributed by atoms with Crippen LogP contribution in [0.15, 0.2) is 24.4 Å². The van der Waals surface area contributed by atoms with E-state index in [1.807, 2.05) is 13.0 Å². The van der Waals surface area contributed by atoms with E-state index in [1.165, 1.54) is 7.11 Å². The third-order valence-corrected chi connectivity index (χ3v) is 3.16. The number of aromatic nitrogens is 1. The predicted molar refractivity (Wildman–Crippen MR) is 73.6 cm³/mol. The number of halogens is 1. The highest BCUT2D eigenvalue weighted by atomic mass is 35.5. The van der Waals surface area contributed by atoms with Crippen molar-refractivity contribution < 1.29 is 14.3 Å². The van der Waals surface area contributed by atoms with Gasteiger partial charge < -0.3 is 9.47 Å². The normalized spacial score (nSPS) is 12.2. The molecule has 0 saturated carbocycles. The Morgan fingerprint density at radius 2 is 2.11 bits per heavy atom. The number of fused-ring (bicyclic) bond motifs is 1. The zero-order valence-electron chi connectivity index (χ0n) is 10.9. The van der Waals surface area contributed by atoms with Crippen molar-refractivity contribution in [2.24, 2.45) is 0 Å². The van der Waals surface area contributed by atoms with Gasteiger partial charge in [-0.25, -0.2) is 4.79 Å². The van der Waals surface area contributed by atoms with Crippen LogP contribution in [0.5, 0.6) is 5.75 Å². The van der Waals surface area contributed by atoms with Gasteiger partial charge in [-0.3, -0.25) is 4.98 Å². The first-order chi connectivity index (χ1) is 9.04. The van der Waals surface area contributed by atoms with Crippen molar-refractivity contribution in [3.05, 3.63) is 35.0 Å². The van der Waals surface area contributed by atoms with Crippen LogP contribution in [-0.2, 0) is 9.53 Å². The first kappa shape index (κ1) is 13.6. The summed E-state index contributed by atoms with van der Waals surface area (Å²) < 4.78 is 10.2. The summed E-state index contributed by atoms with van der Waals surface area (Å²) in [6.45, 7) is 3.57. The molecule has 5 heteroatoms. The van der Waals surface area contributed by atoms with Crippen molar-refractivity contribution >= 4 is 28.5 Å². The summed E-state index contributed by atoms with van der Waals surface area (Å²) >= 11 is 6.17. The summed E-state index contributed by atoms with van der Waals surface area (Å²) in [6.07, 6.45) is 0.987. The Balaban J connectivity index is 2.48. The number of benzene rings is 1. The fourth-order valence-electron chi connectivity index (χ4n) is 1.86. The molecule has 1 unspecified atom stereocenters. The van der Waals surface area contributed by atoms with Crippen molar-refractivity contribution in [1.82, 2.24) is 4.98 Å². The molecule has 0 saturated heterocycles. The number of hydrogen-bond donors (Lipinski definition) is 0. The predicted octanol–water partition coefficient (Wildman–Crippen LogP) is 3.14. The number of aryl methyl sites for hydroxylation is 1. The molecule has 100 valence electrons. The zero-order chi connectivity index (χ0) is 14.0. The molecular formula is C14H14ClNO3. The van der Waals surface area contributed by atoms with Crippen LogP contribution in [0.25, 0.3) is 10.9 Å². The van der Waals surface area contributed by atoms with Gasteiger partial charge in [-0.05, 0) is 37.6 Å². The molecule has 0 radical (unpaired) electrons. The van der Waals surface area contributed by atoms with E-state index in [0.717, 1.165) is 10.9 Å². The van der Waals surface area contributed by atoms with Gasteiger partial charge in [-0.15, -0.1) is 0 Å². The van der Waals surface area contributed by atoms with E-state index >= 15 is 0 Å². The highest BCUT2D eigenvalue weighted by Gasteiger charge is 2.17. The average molecular weight is 280 g/mol. The summed E-state index contributed by atoms with van der Waals surface area (Å²) in [4.78, 5) is 15.7. The summed E-state index contributed by atoms with van der Waals surface area (Å²) in [5.41, 5.74) is 1.65. The molecule has 2 aromatic rings. The standard InChI is InChI=1S/C14H14ClNO3/c1-8-6-7-16-13-11(5-4-10(15)12(8)13)19-9(2)14(17)18-3/h4-7,9H,1-3H3. The number of rotatable bonds is 3. The first-order valence-corrected chi connectivity index (χ1v) is 6.20. The molecule has 4 nitrogen and oxygen atoms in total. The molecule has 0 aliphatic carbocycles. The molecule has 0 aliphatic heterocycles. The Morgan fingerprint density at radius 3 is 2.79 bits per heavy atom. The number of esters is 1. The molecule has 0 bridgehead atoms. The summed E-state index contributed by atoms with van der Waals surface area (Å²) in [5, 5.41) is 1.44. The highest BCUT2D eigenvalue weighted by molar-refractivity contribution is 6.35. The van der Waals surface area contributed by atoms with Crippen LogP contribution >= 0.6 is 11.6 Å². The second kappa shape index (κ2) is 5.45. The van der Waals surface area contributed by atoms with Gasteiger partial charge in [-0.1, -0.05) is 11.6 Å². The molecule has 0 aliphatic rings. The third-order valence-electron chi connectivity index (χ3n) is 2.85. The van der Waals surface area contributed by atoms with Crippen LogP contribution in [0.4, 0.5) is 0 Å². The largest absolute Gasteiger partial charge is 0.477 e. The molecule has 1 heterocycles. The molecule has 0 N–H and O–H groups in total. The zero-order valence-corrected chi connectivity index (χ0v) is 11.7. The highest BCUT2D eigenvalue weighted by Crippen LogP contribution is 2.32. The lowest BCUT2D eigenvalue weighted by atomic mass is 10.1. The lowest BCUT2D eigenvalue weighted by molar-refractivity contribution is -0.147. The van der Waals surface area contributed by atoms with Gasteiger partial charge in [0, 0.05) is 11.6 Å². The minimum absolute atomic E-state index is 0.434. The second-order valence-corrected chi connectivity index (χ2v) is 4.59. The van der Waals surface area contributed by atoms with Gasteiger partial charge in [0.2, 0.25) is 0 Å². The lowest BCUT2D eigenvalue weighted by Gasteiger charge is -2.14. The number of ether oxygens (including phenoxy) is 2. The van der Waals surface area contributed by atoms with Crippen LogP contribution < -0.4 is 4.74 Å². The van der Waals surface area contributed by atoms with Crippen molar-refractivity contribution in [3.8, 4) is 5.75 Å². The summed E-state index contributed by atoms with van der Waals surface area (Å²) in [5.74, 6) is 0.0803. The van der Waals surface area contributed by atoms with Gasteiger partial charge in [0.15, 0.2) is 6.10 Å². The SMILES string of the molecule is COC(=O)C(C)Oc1ccc(Cl)c2c(C)ccnc12.